The Kier molecular flexibility index (Phi) is 18.3. The lowest BCUT2D eigenvalue weighted by Crippen LogP contribution is -2.41. The van der Waals surface area contributed by atoms with Crippen molar-refractivity contribution >= 4 is 127 Å². The number of carbonyl (C=O) groups is 6. The molecule has 0 aliphatic heterocycles. The van der Waals surface area contributed by atoms with Crippen molar-refractivity contribution in [1.82, 2.24) is 5.32 Å². The van der Waals surface area contributed by atoms with Crippen molar-refractivity contribution in [2.75, 3.05) is 53.6 Å². The number of nitrogens with one attached hydrogen (secondary N) is 3. The van der Waals surface area contributed by atoms with Gasteiger partial charge in [0.25, 0.3) is 0 Å². The zero-order valence-electron chi connectivity index (χ0n) is 41.7. The van der Waals surface area contributed by atoms with Crippen LogP contribution < -0.4 is 52.3 Å². The van der Waals surface area contributed by atoms with Gasteiger partial charge in [0.05, 0.1) is 21.2 Å². The quantitative estimate of drug-likeness (QED) is 0.108. The third kappa shape index (κ3) is 13.3. The smallest absolute Gasteiger partial charge is 0.347 e. The number of rotatable bonds is 10. The summed E-state index contributed by atoms with van der Waals surface area (Å²) in [7, 11) is 6.41. The lowest BCUT2D eigenvalue weighted by atomic mass is 10.2. The van der Waals surface area contributed by atoms with Crippen LogP contribution in [0.1, 0.15) is 90.5 Å². The molecule has 2 aromatic carbocycles. The van der Waals surface area contributed by atoms with Gasteiger partial charge in [-0.1, -0.05) is 26.3 Å². The minimum absolute atomic E-state index is 0. The maximum atomic E-state index is 13.2. The van der Waals surface area contributed by atoms with Gasteiger partial charge in [0.15, 0.2) is 34.1 Å². The molecule has 0 spiro atoms. The molecule has 1 aliphatic carbocycles. The Bertz CT molecular complexity index is 3720. The zero-order chi connectivity index (χ0) is 54.4. The fourth-order valence-corrected chi connectivity index (χ4v) is 10.5. The van der Waals surface area contributed by atoms with Gasteiger partial charge in [-0.3, -0.25) is 29.1 Å². The van der Waals surface area contributed by atoms with Crippen LogP contribution in [-0.2, 0) is 0 Å². The summed E-state index contributed by atoms with van der Waals surface area (Å²) in [6, 6.07) is 19.4. The summed E-state index contributed by atoms with van der Waals surface area (Å²) in [5.74, 6) is -0.796. The summed E-state index contributed by atoms with van der Waals surface area (Å²) in [4.78, 5) is 111. The van der Waals surface area contributed by atoms with Crippen LogP contribution in [0.15, 0.2) is 106 Å². The molecule has 3 N–H and O–H groups in total. The number of methoxy groups -OCH3 is 1. The predicted molar refractivity (Wildman–Crippen MR) is 296 cm³/mol. The minimum atomic E-state index is -0.712. The number of carbonyl (C=O) groups excluding carboxylic acids is 6. The van der Waals surface area contributed by atoms with Gasteiger partial charge < -0.3 is 33.9 Å². The summed E-state index contributed by atoms with van der Waals surface area (Å²) in [6.45, 7) is 5.81. The second-order valence-corrected chi connectivity index (χ2v) is 20.3. The Hall–Kier alpha value is -8.28. The van der Waals surface area contributed by atoms with E-state index in [0.29, 0.717) is 57.2 Å². The molecule has 0 bridgehead atoms. The first-order valence-corrected chi connectivity index (χ1v) is 25.3. The van der Waals surface area contributed by atoms with Crippen LogP contribution >= 0.6 is 34.0 Å². The molecule has 1 fully saturated rings. The molecule has 6 aromatic heterocycles. The van der Waals surface area contributed by atoms with E-state index >= 15 is 0 Å². The van der Waals surface area contributed by atoms with E-state index in [0.717, 1.165) is 37.0 Å². The molecule has 8 aromatic rings. The highest BCUT2D eigenvalue weighted by Gasteiger charge is 2.23. The summed E-state index contributed by atoms with van der Waals surface area (Å²) < 4.78 is 35.8. The van der Waals surface area contributed by atoms with E-state index in [1.54, 1.807) is 51.5 Å². The number of aryl methyl sites for hydroxylation is 1. The highest BCUT2D eigenvalue weighted by molar-refractivity contribution is 7.23. The average Bonchev–Trinajstić information content (AvgIpc) is 4.20. The number of urea groups is 3. The van der Waals surface area contributed by atoms with E-state index in [1.165, 1.54) is 119 Å². The van der Waals surface area contributed by atoms with Crippen LogP contribution in [0.25, 0.3) is 30.8 Å². The normalized spacial score (nSPS) is 11.9. The van der Waals surface area contributed by atoms with Crippen LogP contribution in [0.5, 0.6) is 5.75 Å². The van der Waals surface area contributed by atoms with Crippen LogP contribution in [0.4, 0.5) is 45.2 Å². The van der Waals surface area contributed by atoms with Crippen LogP contribution in [-0.4, -0.2) is 69.7 Å². The first-order valence-electron chi connectivity index (χ1n) is 22.9. The van der Waals surface area contributed by atoms with Crippen molar-refractivity contribution in [2.24, 2.45) is 0 Å². The van der Waals surface area contributed by atoms with Crippen molar-refractivity contribution in [3.63, 3.8) is 0 Å². The molecule has 1 saturated carbocycles. The molecule has 76 heavy (non-hydrogen) atoms. The Morgan fingerprint density at radius 3 is 1.34 bits per heavy atom. The van der Waals surface area contributed by atoms with Crippen LogP contribution in [0, 0.1) is 12.7 Å². The van der Waals surface area contributed by atoms with Crippen molar-refractivity contribution in [3.8, 4) is 5.75 Å². The fraction of sp³-hybridized carbons (Fsp3) is 0.264. The molecule has 6 amide bonds. The number of ether oxygens (including phenoxy) is 1. The van der Waals surface area contributed by atoms with E-state index in [1.807, 2.05) is 13.0 Å². The number of benzene rings is 2. The largest absolute Gasteiger partial charge is 0.496 e. The fourth-order valence-electron chi connectivity index (χ4n) is 7.51. The monoisotopic (exact) mass is 1100 g/mol. The van der Waals surface area contributed by atoms with Gasteiger partial charge in [-0.15, -0.1) is 34.0 Å². The lowest BCUT2D eigenvalue weighted by Gasteiger charge is -2.19. The molecular weight excluding hydrogens is 1040 g/mol. The van der Waals surface area contributed by atoms with Gasteiger partial charge in [-0.05, 0) is 101 Å². The first-order chi connectivity index (χ1) is 35.6. The van der Waals surface area contributed by atoms with E-state index < -0.39 is 28.7 Å². The van der Waals surface area contributed by atoms with Gasteiger partial charge in [0, 0.05) is 56.8 Å². The summed E-state index contributed by atoms with van der Waals surface area (Å²) in [5.41, 5.74) is 0.835. The number of anilines is 5. The predicted octanol–water partition coefficient (Wildman–Crippen LogP) is 11.7. The maximum Gasteiger partial charge on any atom is 0.347 e. The van der Waals surface area contributed by atoms with E-state index in [-0.39, 0.29) is 59.6 Å². The molecular formula is C53H53FN6O13S3. The Balaban J connectivity index is 0.000000184. The number of fused-ring (bicyclic) bond motifs is 3. The number of hydrogen-bond acceptors (Lipinski definition) is 16. The standard InChI is InChI=1S/C19H18N2O5S.C17H13FN2O4S.C16H18N2O4S.CH4/c1-10-7-12(5-6-14(10)25-4)20-19(24)21(3)17-9-15-16(27-17)8-13(11(2)22)18(23)26-15;1-9(21)12-7-14-13(24-16(12)22)8-15(25-14)20(2)17(23)19-11-5-3-4-10(18)6-11;1-9(19)11-7-13-12(22-15(11)20)8-14(23-13)18(2)16(21)17-10-5-3-4-6-10;/h5-9H,1-4H3,(H,20,24);3-8H,1-2H3,(H,19,23);7-8,10H,3-6H2,1-2H3,(H,17,21);1H4. The number of ketones is 3. The van der Waals surface area contributed by atoms with Gasteiger partial charge in [-0.2, -0.15) is 0 Å². The number of Topliss-reactive ketones (excluding diaryl/α,β-unsaturated/α-hetero) is 3. The van der Waals surface area contributed by atoms with Gasteiger partial charge in [-0.25, -0.2) is 33.2 Å². The van der Waals surface area contributed by atoms with Crippen LogP contribution in [0.3, 0.4) is 0 Å². The topological polar surface area (TPSA) is 248 Å². The molecule has 1 aliphatic rings. The van der Waals surface area contributed by atoms with Crippen molar-refractivity contribution in [3.05, 3.63) is 138 Å². The van der Waals surface area contributed by atoms with Gasteiger partial charge in [0.2, 0.25) is 0 Å². The van der Waals surface area contributed by atoms with E-state index in [2.05, 4.69) is 16.0 Å². The second-order valence-electron chi connectivity index (χ2n) is 17.1. The van der Waals surface area contributed by atoms with E-state index in [4.69, 9.17) is 18.0 Å². The number of nitrogens with zero attached hydrogens (tertiary/aromatic N) is 3. The molecule has 6 heterocycles. The second kappa shape index (κ2) is 24.4. The molecule has 23 heteroatoms. The average molecular weight is 1100 g/mol. The molecule has 398 valence electrons. The Morgan fingerprint density at radius 2 is 0.974 bits per heavy atom. The highest BCUT2D eigenvalue weighted by atomic mass is 32.1. The maximum absolute atomic E-state index is 13.2. The summed E-state index contributed by atoms with van der Waals surface area (Å²) in [6.07, 6.45) is 4.33. The molecule has 9 rings (SSSR count). The third-order valence-corrected chi connectivity index (χ3v) is 15.1. The number of thiophene rings is 3. The number of hydrogen-bond donors (Lipinski definition) is 3. The Labute approximate surface area is 445 Å². The van der Waals surface area contributed by atoms with Crippen molar-refractivity contribution in [2.45, 2.75) is 66.8 Å². The third-order valence-electron chi connectivity index (χ3n) is 11.7. The van der Waals surface area contributed by atoms with Crippen molar-refractivity contribution in [1.29, 1.82) is 0 Å². The van der Waals surface area contributed by atoms with Crippen molar-refractivity contribution < 1.29 is 51.1 Å². The van der Waals surface area contributed by atoms with Gasteiger partial charge in [0.1, 0.15) is 43.3 Å². The molecule has 0 radical (unpaired) electrons. The molecule has 0 saturated heterocycles. The highest BCUT2D eigenvalue weighted by Crippen LogP contribution is 2.35. The number of amides is 6. The van der Waals surface area contributed by atoms with Gasteiger partial charge >= 0.3 is 35.0 Å². The SMILES string of the molecule is C.CC(=O)c1cc2sc(N(C)C(=O)NC3CCCC3)cc2oc1=O.CC(=O)c1cc2sc(N(C)C(=O)Nc3cccc(F)c3)cc2oc1=O.COc1ccc(NC(=O)N(C)c2cc3oc(=O)c(C(C)=O)cc3s2)cc1C. The molecule has 0 atom stereocenters. The number of halogens is 1. The minimum Gasteiger partial charge on any atom is -0.496 e. The van der Waals surface area contributed by atoms with Crippen LogP contribution in [0.2, 0.25) is 0 Å². The van der Waals surface area contributed by atoms with E-state index in [9.17, 15) is 47.5 Å². The molecule has 19 nitrogen and oxygen atoms in total. The summed E-state index contributed by atoms with van der Waals surface area (Å²) >= 11 is 3.76. The lowest BCUT2D eigenvalue weighted by molar-refractivity contribution is 0.100. The summed E-state index contributed by atoms with van der Waals surface area (Å²) in [5, 5.41) is 10.1. The molecule has 0 unspecified atom stereocenters. The zero-order valence-corrected chi connectivity index (χ0v) is 44.1. The first kappa shape index (κ1) is 57.0. The Morgan fingerprint density at radius 1 is 0.579 bits per heavy atom.